The van der Waals surface area contributed by atoms with Gasteiger partial charge < -0.3 is 4.74 Å². The minimum atomic E-state index is -4.72. The van der Waals surface area contributed by atoms with Crippen LogP contribution in [0.5, 0.6) is 5.75 Å². The molecule has 3 rings (SSSR count). The molecule has 0 aliphatic rings. The van der Waals surface area contributed by atoms with E-state index in [2.05, 4.69) is 25.7 Å². The van der Waals surface area contributed by atoms with E-state index in [0.29, 0.717) is 24.2 Å². The number of Topliss-reactive ketones (excluding diaryl/α,β-unsaturated/α-hetero) is 1. The van der Waals surface area contributed by atoms with Gasteiger partial charge in [-0.05, 0) is 58.6 Å². The van der Waals surface area contributed by atoms with Crippen molar-refractivity contribution in [1.82, 2.24) is 9.38 Å². The predicted molar refractivity (Wildman–Crippen MR) is 98.0 cm³/mol. The molecule has 1 aromatic carbocycles. The summed E-state index contributed by atoms with van der Waals surface area (Å²) in [7, 11) is 0. The molecule has 0 saturated carbocycles. The summed E-state index contributed by atoms with van der Waals surface area (Å²) in [6, 6.07) is 9.24. The fraction of sp³-hybridized carbons (Fsp3) is 0.263. The minimum absolute atomic E-state index is 0.0620. The van der Waals surface area contributed by atoms with Crippen LogP contribution < -0.4 is 4.74 Å². The number of carbonyl (C=O) groups is 1. The standard InChI is InChI=1S/C19H16BrF3N2O2/c1-2-15-18(25-11-13(20)6-10-17(25)24-15)16(26)9-5-12-3-7-14(8-4-12)27-19(21,22)23/h3-4,6-8,10-11H,2,5,9H2,1H3. The number of imidazole rings is 1. The molecule has 0 aliphatic carbocycles. The van der Waals surface area contributed by atoms with Crippen LogP contribution in [0.25, 0.3) is 5.65 Å². The number of aryl methyl sites for hydroxylation is 2. The molecule has 0 saturated heterocycles. The molecular formula is C19H16BrF3N2O2. The Kier molecular flexibility index (Phi) is 5.55. The van der Waals surface area contributed by atoms with Crippen LogP contribution in [-0.2, 0) is 12.8 Å². The fourth-order valence-electron chi connectivity index (χ4n) is 2.84. The van der Waals surface area contributed by atoms with E-state index in [1.807, 2.05) is 19.1 Å². The van der Waals surface area contributed by atoms with Crippen molar-refractivity contribution >= 4 is 27.4 Å². The molecule has 0 fully saturated rings. The van der Waals surface area contributed by atoms with Gasteiger partial charge in [0, 0.05) is 17.1 Å². The van der Waals surface area contributed by atoms with Gasteiger partial charge in [0.25, 0.3) is 0 Å². The van der Waals surface area contributed by atoms with Crippen LogP contribution in [0.15, 0.2) is 47.1 Å². The van der Waals surface area contributed by atoms with Gasteiger partial charge in [0.1, 0.15) is 17.1 Å². The summed E-state index contributed by atoms with van der Waals surface area (Å²) >= 11 is 3.40. The first-order valence-electron chi connectivity index (χ1n) is 8.31. The van der Waals surface area contributed by atoms with Crippen molar-refractivity contribution in [2.24, 2.45) is 0 Å². The second kappa shape index (κ2) is 7.72. The van der Waals surface area contributed by atoms with Gasteiger partial charge in [-0.2, -0.15) is 0 Å². The number of alkyl halides is 3. The highest BCUT2D eigenvalue weighted by Crippen LogP contribution is 2.24. The highest BCUT2D eigenvalue weighted by atomic mass is 79.9. The first-order chi connectivity index (χ1) is 12.8. The number of nitrogens with zero attached hydrogens (tertiary/aromatic N) is 2. The molecule has 4 nitrogen and oxygen atoms in total. The molecule has 0 spiro atoms. The van der Waals surface area contributed by atoms with Crippen molar-refractivity contribution in [3.8, 4) is 5.75 Å². The summed E-state index contributed by atoms with van der Waals surface area (Å²) in [6.07, 6.45) is -1.64. The van der Waals surface area contributed by atoms with Crippen molar-refractivity contribution in [1.29, 1.82) is 0 Å². The van der Waals surface area contributed by atoms with Crippen LogP contribution in [-0.4, -0.2) is 21.5 Å². The van der Waals surface area contributed by atoms with E-state index in [4.69, 9.17) is 0 Å². The number of rotatable bonds is 6. The zero-order valence-corrected chi connectivity index (χ0v) is 16.0. The molecule has 27 heavy (non-hydrogen) atoms. The Bertz CT molecular complexity index is 965. The molecule has 3 aromatic rings. The normalized spacial score (nSPS) is 11.7. The van der Waals surface area contributed by atoms with Gasteiger partial charge >= 0.3 is 6.36 Å². The topological polar surface area (TPSA) is 43.6 Å². The maximum absolute atomic E-state index is 12.8. The lowest BCUT2D eigenvalue weighted by atomic mass is 10.0. The van der Waals surface area contributed by atoms with Crippen LogP contribution in [0.3, 0.4) is 0 Å². The molecule has 0 aliphatic heterocycles. The maximum atomic E-state index is 12.8. The Morgan fingerprint density at radius 1 is 1.19 bits per heavy atom. The van der Waals surface area contributed by atoms with Crippen molar-refractivity contribution in [2.75, 3.05) is 0 Å². The Balaban J connectivity index is 1.74. The lowest BCUT2D eigenvalue weighted by Gasteiger charge is -2.09. The van der Waals surface area contributed by atoms with E-state index in [1.165, 1.54) is 24.3 Å². The molecule has 0 N–H and O–H groups in total. The third kappa shape index (κ3) is 4.68. The summed E-state index contributed by atoms with van der Waals surface area (Å²) in [5.41, 5.74) is 2.73. The number of carbonyl (C=O) groups excluding carboxylic acids is 1. The molecule has 0 amide bonds. The van der Waals surface area contributed by atoms with Gasteiger partial charge in [-0.3, -0.25) is 9.20 Å². The van der Waals surface area contributed by atoms with Crippen molar-refractivity contribution in [3.05, 3.63) is 64.0 Å². The summed E-state index contributed by atoms with van der Waals surface area (Å²) in [5.74, 6) is -0.342. The van der Waals surface area contributed by atoms with E-state index in [9.17, 15) is 18.0 Å². The van der Waals surface area contributed by atoms with E-state index in [-0.39, 0.29) is 18.0 Å². The van der Waals surface area contributed by atoms with E-state index >= 15 is 0 Å². The lowest BCUT2D eigenvalue weighted by Crippen LogP contribution is -2.17. The molecule has 2 heterocycles. The smallest absolute Gasteiger partial charge is 0.406 e. The monoisotopic (exact) mass is 440 g/mol. The third-order valence-corrected chi connectivity index (χ3v) is 4.52. The number of hydrogen-bond acceptors (Lipinski definition) is 3. The number of fused-ring (bicyclic) bond motifs is 1. The Hall–Kier alpha value is -2.35. The zero-order valence-electron chi connectivity index (χ0n) is 14.4. The molecular weight excluding hydrogens is 425 g/mol. The van der Waals surface area contributed by atoms with E-state index < -0.39 is 6.36 Å². The van der Waals surface area contributed by atoms with Crippen LogP contribution in [0.1, 0.15) is 35.1 Å². The van der Waals surface area contributed by atoms with Crippen molar-refractivity contribution in [2.45, 2.75) is 32.5 Å². The lowest BCUT2D eigenvalue weighted by molar-refractivity contribution is -0.274. The molecule has 2 aromatic heterocycles. The van der Waals surface area contributed by atoms with Gasteiger partial charge in [-0.15, -0.1) is 13.2 Å². The number of ether oxygens (including phenoxy) is 1. The van der Waals surface area contributed by atoms with Crippen LogP contribution in [0.4, 0.5) is 13.2 Å². The summed E-state index contributed by atoms with van der Waals surface area (Å²) in [5, 5.41) is 0. The average molecular weight is 441 g/mol. The largest absolute Gasteiger partial charge is 0.573 e. The van der Waals surface area contributed by atoms with Crippen LogP contribution in [0, 0.1) is 0 Å². The number of halogens is 4. The Morgan fingerprint density at radius 3 is 2.52 bits per heavy atom. The molecule has 0 atom stereocenters. The molecule has 142 valence electrons. The number of benzene rings is 1. The SMILES string of the molecule is CCc1nc2ccc(Br)cn2c1C(=O)CCc1ccc(OC(F)(F)F)cc1. The maximum Gasteiger partial charge on any atom is 0.573 e. The average Bonchev–Trinajstić information content (AvgIpc) is 2.97. The van der Waals surface area contributed by atoms with Gasteiger partial charge in [0.05, 0.1) is 5.69 Å². The minimum Gasteiger partial charge on any atom is -0.406 e. The van der Waals surface area contributed by atoms with E-state index in [1.54, 1.807) is 10.6 Å². The van der Waals surface area contributed by atoms with Gasteiger partial charge in [-0.25, -0.2) is 4.98 Å². The molecule has 0 bridgehead atoms. The highest BCUT2D eigenvalue weighted by molar-refractivity contribution is 9.10. The Labute approximate surface area is 162 Å². The van der Waals surface area contributed by atoms with Gasteiger partial charge in [0.2, 0.25) is 0 Å². The molecule has 0 unspecified atom stereocenters. The summed E-state index contributed by atoms with van der Waals surface area (Å²) in [4.78, 5) is 17.3. The Morgan fingerprint density at radius 2 is 1.89 bits per heavy atom. The highest BCUT2D eigenvalue weighted by Gasteiger charge is 2.31. The number of aromatic nitrogens is 2. The van der Waals surface area contributed by atoms with Crippen molar-refractivity contribution < 1.29 is 22.7 Å². The predicted octanol–water partition coefficient (Wildman–Crippen LogP) is 5.37. The van der Waals surface area contributed by atoms with Gasteiger partial charge in [-0.1, -0.05) is 19.1 Å². The first-order valence-corrected chi connectivity index (χ1v) is 9.10. The zero-order chi connectivity index (χ0) is 19.6. The van der Waals surface area contributed by atoms with Crippen LogP contribution in [0.2, 0.25) is 0 Å². The number of ketones is 1. The fourth-order valence-corrected chi connectivity index (χ4v) is 3.18. The third-order valence-electron chi connectivity index (χ3n) is 4.05. The quantitative estimate of drug-likeness (QED) is 0.483. The first kappa shape index (κ1) is 19.4. The summed E-state index contributed by atoms with van der Waals surface area (Å²) in [6.45, 7) is 1.94. The van der Waals surface area contributed by atoms with Gasteiger partial charge in [0.15, 0.2) is 5.78 Å². The second-order valence-electron chi connectivity index (χ2n) is 5.95. The van der Waals surface area contributed by atoms with E-state index in [0.717, 1.165) is 15.7 Å². The van der Waals surface area contributed by atoms with Crippen LogP contribution >= 0.6 is 15.9 Å². The molecule has 8 heteroatoms. The second-order valence-corrected chi connectivity index (χ2v) is 6.87. The molecule has 0 radical (unpaired) electrons. The summed E-state index contributed by atoms with van der Waals surface area (Å²) < 4.78 is 43.1. The number of hydrogen-bond donors (Lipinski definition) is 0. The van der Waals surface area contributed by atoms with Crippen molar-refractivity contribution in [3.63, 3.8) is 0 Å². The number of pyridine rings is 1.